The summed E-state index contributed by atoms with van der Waals surface area (Å²) in [5.41, 5.74) is 3.02. The summed E-state index contributed by atoms with van der Waals surface area (Å²) in [5.74, 6) is 2.25. The van der Waals surface area contributed by atoms with Gasteiger partial charge in [-0.2, -0.15) is 0 Å². The topological polar surface area (TPSA) is 51.8 Å². The molecule has 0 spiro atoms. The molecular weight excluding hydrogens is 348 g/mol. The fraction of sp³-hybridized carbons (Fsp3) is 0.350. The number of hydrogen-bond donors (Lipinski definition) is 2. The van der Waals surface area contributed by atoms with Crippen LogP contribution in [0.2, 0.25) is 0 Å². The molecule has 0 aliphatic rings. The van der Waals surface area contributed by atoms with Crippen LogP contribution < -0.4 is 24.8 Å². The minimum atomic E-state index is 0.528. The first-order valence-corrected chi connectivity index (χ1v) is 9.06. The number of benzene rings is 2. The van der Waals surface area contributed by atoms with Gasteiger partial charge in [0.05, 0.1) is 26.0 Å². The largest absolute Gasteiger partial charge is 0.495 e. The Morgan fingerprint density at radius 3 is 2.35 bits per heavy atom. The van der Waals surface area contributed by atoms with E-state index in [4.69, 9.17) is 26.4 Å². The van der Waals surface area contributed by atoms with Crippen molar-refractivity contribution >= 4 is 23.0 Å². The van der Waals surface area contributed by atoms with Gasteiger partial charge in [0.25, 0.3) is 0 Å². The van der Waals surface area contributed by atoms with Crippen LogP contribution in [0, 0.1) is 6.92 Å². The number of anilines is 1. The third-order valence-corrected chi connectivity index (χ3v) is 3.91. The number of aryl methyl sites for hydroxylation is 1. The lowest BCUT2D eigenvalue weighted by Gasteiger charge is -2.15. The van der Waals surface area contributed by atoms with E-state index in [9.17, 15) is 0 Å². The van der Waals surface area contributed by atoms with Crippen LogP contribution in [0.5, 0.6) is 17.2 Å². The second-order valence-electron chi connectivity index (χ2n) is 5.66. The Morgan fingerprint density at radius 1 is 0.962 bits per heavy atom. The molecule has 140 valence electrons. The second kappa shape index (κ2) is 9.87. The van der Waals surface area contributed by atoms with Gasteiger partial charge in [0.1, 0.15) is 5.75 Å². The molecule has 2 aromatic carbocycles. The molecule has 2 N–H and O–H groups in total. The van der Waals surface area contributed by atoms with Gasteiger partial charge >= 0.3 is 0 Å². The number of ether oxygens (including phenoxy) is 3. The van der Waals surface area contributed by atoms with Crippen molar-refractivity contribution in [2.45, 2.75) is 27.3 Å². The first-order valence-electron chi connectivity index (χ1n) is 8.65. The van der Waals surface area contributed by atoms with Crippen molar-refractivity contribution in [2.24, 2.45) is 0 Å². The SMILES string of the molecule is CCOc1ccc(CNC(=S)Nc2cc(C)ccc2OC)cc1OCC. The summed E-state index contributed by atoms with van der Waals surface area (Å²) >= 11 is 5.40. The smallest absolute Gasteiger partial charge is 0.171 e. The third kappa shape index (κ3) is 5.52. The molecule has 0 saturated carbocycles. The maximum atomic E-state index is 5.66. The number of rotatable bonds is 8. The van der Waals surface area contributed by atoms with Crippen molar-refractivity contribution in [3.8, 4) is 17.2 Å². The van der Waals surface area contributed by atoms with Crippen LogP contribution in [0.3, 0.4) is 0 Å². The molecule has 6 heteroatoms. The molecule has 0 aromatic heterocycles. The maximum absolute atomic E-state index is 5.66. The summed E-state index contributed by atoms with van der Waals surface area (Å²) in [4.78, 5) is 0. The molecule has 2 aromatic rings. The summed E-state index contributed by atoms with van der Waals surface area (Å²) in [6.45, 7) is 7.70. The van der Waals surface area contributed by atoms with Gasteiger partial charge in [-0.05, 0) is 68.4 Å². The van der Waals surface area contributed by atoms with Gasteiger partial charge in [-0.3, -0.25) is 0 Å². The summed E-state index contributed by atoms with van der Waals surface area (Å²) in [6, 6.07) is 11.8. The number of nitrogens with one attached hydrogen (secondary N) is 2. The fourth-order valence-corrected chi connectivity index (χ4v) is 2.66. The van der Waals surface area contributed by atoms with E-state index in [-0.39, 0.29) is 0 Å². The molecule has 0 aliphatic heterocycles. The molecule has 2 rings (SSSR count). The molecule has 0 saturated heterocycles. The van der Waals surface area contributed by atoms with Crippen LogP contribution in [0.15, 0.2) is 36.4 Å². The minimum Gasteiger partial charge on any atom is -0.495 e. The van der Waals surface area contributed by atoms with Gasteiger partial charge in [-0.25, -0.2) is 0 Å². The van der Waals surface area contributed by atoms with Crippen molar-refractivity contribution in [1.29, 1.82) is 0 Å². The molecule has 0 fully saturated rings. The molecule has 0 radical (unpaired) electrons. The van der Waals surface area contributed by atoms with E-state index in [2.05, 4.69) is 10.6 Å². The van der Waals surface area contributed by atoms with Crippen molar-refractivity contribution in [2.75, 3.05) is 25.6 Å². The molecule has 0 unspecified atom stereocenters. The highest BCUT2D eigenvalue weighted by Crippen LogP contribution is 2.28. The zero-order chi connectivity index (χ0) is 18.9. The lowest BCUT2D eigenvalue weighted by Crippen LogP contribution is -2.28. The highest BCUT2D eigenvalue weighted by molar-refractivity contribution is 7.80. The molecule has 0 aliphatic carbocycles. The number of methoxy groups -OCH3 is 1. The normalized spacial score (nSPS) is 10.2. The predicted octanol–water partition coefficient (Wildman–Crippen LogP) is 4.29. The van der Waals surface area contributed by atoms with Crippen LogP contribution in [0.25, 0.3) is 0 Å². The lowest BCUT2D eigenvalue weighted by atomic mass is 10.2. The van der Waals surface area contributed by atoms with Gasteiger partial charge in [0.2, 0.25) is 0 Å². The van der Waals surface area contributed by atoms with Crippen LogP contribution >= 0.6 is 12.2 Å². The van der Waals surface area contributed by atoms with Crippen LogP contribution in [-0.4, -0.2) is 25.4 Å². The first-order chi connectivity index (χ1) is 12.6. The van der Waals surface area contributed by atoms with Crippen molar-refractivity contribution < 1.29 is 14.2 Å². The van der Waals surface area contributed by atoms with Gasteiger partial charge in [0, 0.05) is 6.54 Å². The van der Waals surface area contributed by atoms with Crippen molar-refractivity contribution in [3.63, 3.8) is 0 Å². The van der Waals surface area contributed by atoms with Gasteiger partial charge in [-0.15, -0.1) is 0 Å². The quantitative estimate of drug-likeness (QED) is 0.673. The Balaban J connectivity index is 2.01. The highest BCUT2D eigenvalue weighted by Gasteiger charge is 2.08. The maximum Gasteiger partial charge on any atom is 0.171 e. The minimum absolute atomic E-state index is 0.528. The van der Waals surface area contributed by atoms with E-state index < -0.39 is 0 Å². The zero-order valence-electron chi connectivity index (χ0n) is 15.7. The average Bonchev–Trinajstić information content (AvgIpc) is 2.62. The summed E-state index contributed by atoms with van der Waals surface area (Å²) in [5, 5.41) is 6.92. The van der Waals surface area contributed by atoms with E-state index >= 15 is 0 Å². The highest BCUT2D eigenvalue weighted by atomic mass is 32.1. The zero-order valence-corrected chi connectivity index (χ0v) is 16.5. The summed E-state index contributed by atoms with van der Waals surface area (Å²) in [7, 11) is 1.64. The van der Waals surface area contributed by atoms with E-state index in [1.807, 2.05) is 57.2 Å². The Kier molecular flexibility index (Phi) is 7.53. The fourth-order valence-electron chi connectivity index (χ4n) is 2.47. The standard InChI is InChI=1S/C20H26N2O3S/c1-5-24-18-10-8-15(12-19(18)25-6-2)13-21-20(26)22-16-11-14(3)7-9-17(16)23-4/h7-12H,5-6,13H2,1-4H3,(H2,21,22,26). The van der Waals surface area contributed by atoms with Crippen LogP contribution in [0.1, 0.15) is 25.0 Å². The Bertz CT molecular complexity index is 750. The molecule has 5 nitrogen and oxygen atoms in total. The summed E-state index contributed by atoms with van der Waals surface area (Å²) < 4.78 is 16.6. The molecule has 0 atom stereocenters. The first kappa shape index (κ1) is 19.8. The van der Waals surface area contributed by atoms with Crippen molar-refractivity contribution in [1.82, 2.24) is 5.32 Å². The van der Waals surface area contributed by atoms with Gasteiger partial charge in [-0.1, -0.05) is 12.1 Å². The molecule has 0 heterocycles. The second-order valence-corrected chi connectivity index (χ2v) is 6.07. The Morgan fingerprint density at radius 2 is 1.65 bits per heavy atom. The number of thiocarbonyl (C=S) groups is 1. The van der Waals surface area contributed by atoms with Gasteiger partial charge in [0.15, 0.2) is 16.6 Å². The van der Waals surface area contributed by atoms with E-state index in [1.54, 1.807) is 7.11 Å². The Labute approximate surface area is 160 Å². The summed E-state index contributed by atoms with van der Waals surface area (Å²) in [6.07, 6.45) is 0. The molecular formula is C20H26N2O3S. The molecule has 0 amide bonds. The van der Waals surface area contributed by atoms with Crippen molar-refractivity contribution in [3.05, 3.63) is 47.5 Å². The van der Waals surface area contributed by atoms with E-state index in [0.29, 0.717) is 24.9 Å². The molecule has 26 heavy (non-hydrogen) atoms. The third-order valence-electron chi connectivity index (χ3n) is 3.66. The lowest BCUT2D eigenvalue weighted by molar-refractivity contribution is 0.287. The predicted molar refractivity (Wildman–Crippen MR) is 110 cm³/mol. The van der Waals surface area contributed by atoms with E-state index in [0.717, 1.165) is 34.1 Å². The average molecular weight is 375 g/mol. The van der Waals surface area contributed by atoms with E-state index in [1.165, 1.54) is 0 Å². The Hall–Kier alpha value is -2.47. The molecule has 0 bridgehead atoms. The van der Waals surface area contributed by atoms with Gasteiger partial charge < -0.3 is 24.8 Å². The van der Waals surface area contributed by atoms with Crippen LogP contribution in [-0.2, 0) is 6.54 Å². The van der Waals surface area contributed by atoms with Crippen LogP contribution in [0.4, 0.5) is 5.69 Å². The monoisotopic (exact) mass is 374 g/mol. The number of hydrogen-bond acceptors (Lipinski definition) is 4.